The fourth-order valence-corrected chi connectivity index (χ4v) is 3.43. The molecule has 0 bridgehead atoms. The first-order chi connectivity index (χ1) is 11.5. The van der Waals surface area contributed by atoms with Crippen LogP contribution in [0, 0.1) is 10.1 Å². The van der Waals surface area contributed by atoms with Crippen molar-refractivity contribution >= 4 is 51.7 Å². The fourth-order valence-electron chi connectivity index (χ4n) is 2.14. The highest BCUT2D eigenvalue weighted by atomic mass is 32.2. The Kier molecular flexibility index (Phi) is 4.32. The molecule has 1 aliphatic heterocycles. The number of nitro groups is 1. The maximum atomic E-state index is 12.6. The van der Waals surface area contributed by atoms with Crippen LogP contribution in [-0.2, 0) is 4.79 Å². The Hall–Kier alpha value is -2.71. The van der Waals surface area contributed by atoms with E-state index in [0.29, 0.717) is 20.5 Å². The number of rotatable bonds is 3. The first-order valence-corrected chi connectivity index (χ1v) is 7.99. The third kappa shape index (κ3) is 3.15. The van der Waals surface area contributed by atoms with E-state index in [-0.39, 0.29) is 17.3 Å². The van der Waals surface area contributed by atoms with E-state index in [1.165, 1.54) is 29.2 Å². The summed E-state index contributed by atoms with van der Waals surface area (Å²) >= 11 is 6.41. The van der Waals surface area contributed by atoms with Gasteiger partial charge in [-0.15, -0.1) is 0 Å². The first-order valence-electron chi connectivity index (χ1n) is 6.77. The van der Waals surface area contributed by atoms with E-state index in [9.17, 15) is 20.0 Å². The van der Waals surface area contributed by atoms with Gasteiger partial charge in [-0.2, -0.15) is 0 Å². The summed E-state index contributed by atoms with van der Waals surface area (Å²) < 4.78 is 0.388. The van der Waals surface area contributed by atoms with E-state index >= 15 is 0 Å². The number of phenolic OH excluding ortho intramolecular Hbond substituents is 1. The fraction of sp³-hybridized carbons (Fsp3) is 0. The van der Waals surface area contributed by atoms with Crippen molar-refractivity contribution in [3.63, 3.8) is 0 Å². The van der Waals surface area contributed by atoms with Crippen LogP contribution in [-0.4, -0.2) is 20.3 Å². The van der Waals surface area contributed by atoms with Crippen LogP contribution in [0.2, 0.25) is 0 Å². The van der Waals surface area contributed by atoms with E-state index in [0.717, 1.165) is 11.8 Å². The number of nitro benzene ring substituents is 1. The van der Waals surface area contributed by atoms with Crippen molar-refractivity contribution in [2.24, 2.45) is 0 Å². The van der Waals surface area contributed by atoms with Gasteiger partial charge in [0, 0.05) is 12.1 Å². The number of amides is 1. The lowest BCUT2D eigenvalue weighted by Crippen LogP contribution is -2.27. The van der Waals surface area contributed by atoms with Gasteiger partial charge in [0.25, 0.3) is 11.6 Å². The molecule has 3 rings (SSSR count). The SMILES string of the molecule is O=C1/C(=C/c2ccc([N+](=O)[O-])cc2)SC(=S)N1c1ccc(O)cc1. The number of hydrogen-bond donors (Lipinski definition) is 1. The number of carbonyl (C=O) groups is 1. The zero-order valence-corrected chi connectivity index (χ0v) is 13.7. The highest BCUT2D eigenvalue weighted by Crippen LogP contribution is 2.36. The molecule has 24 heavy (non-hydrogen) atoms. The van der Waals surface area contributed by atoms with Crippen molar-refractivity contribution in [3.05, 3.63) is 69.1 Å². The standard InChI is InChI=1S/C16H10N2O4S2/c19-13-7-5-11(6-8-13)17-15(20)14(24-16(17)23)9-10-1-3-12(4-2-10)18(21)22/h1-9,19H/b14-9-. The molecule has 0 aliphatic carbocycles. The Morgan fingerprint density at radius 3 is 2.33 bits per heavy atom. The molecule has 1 heterocycles. The molecule has 0 atom stereocenters. The Bertz CT molecular complexity index is 861. The van der Waals surface area contributed by atoms with Gasteiger partial charge in [0.15, 0.2) is 4.32 Å². The van der Waals surface area contributed by atoms with Gasteiger partial charge in [0.1, 0.15) is 5.75 Å². The van der Waals surface area contributed by atoms with E-state index in [4.69, 9.17) is 12.2 Å². The number of anilines is 1. The number of phenols is 1. The smallest absolute Gasteiger partial charge is 0.270 e. The van der Waals surface area contributed by atoms with Crippen molar-refractivity contribution in [1.29, 1.82) is 0 Å². The van der Waals surface area contributed by atoms with Gasteiger partial charge < -0.3 is 5.11 Å². The zero-order valence-electron chi connectivity index (χ0n) is 12.1. The molecular formula is C16H10N2O4S2. The number of benzene rings is 2. The molecule has 6 nitrogen and oxygen atoms in total. The van der Waals surface area contributed by atoms with E-state index < -0.39 is 4.92 Å². The van der Waals surface area contributed by atoms with Crippen LogP contribution >= 0.6 is 24.0 Å². The zero-order chi connectivity index (χ0) is 17.3. The minimum absolute atomic E-state index is 0.0104. The number of carbonyl (C=O) groups excluding carboxylic acids is 1. The number of aromatic hydroxyl groups is 1. The van der Waals surface area contributed by atoms with Gasteiger partial charge in [-0.25, -0.2) is 0 Å². The summed E-state index contributed by atoms with van der Waals surface area (Å²) in [5, 5.41) is 20.0. The van der Waals surface area contributed by atoms with Crippen LogP contribution in [0.4, 0.5) is 11.4 Å². The summed E-state index contributed by atoms with van der Waals surface area (Å²) in [7, 11) is 0. The summed E-state index contributed by atoms with van der Waals surface area (Å²) in [6.07, 6.45) is 1.64. The molecule has 2 aromatic rings. The monoisotopic (exact) mass is 358 g/mol. The Morgan fingerprint density at radius 2 is 1.75 bits per heavy atom. The second-order valence-corrected chi connectivity index (χ2v) is 6.56. The molecule has 1 fully saturated rings. The summed E-state index contributed by atoms with van der Waals surface area (Å²) in [6, 6.07) is 12.1. The Labute approximate surface area is 146 Å². The van der Waals surface area contributed by atoms with Gasteiger partial charge in [-0.3, -0.25) is 19.8 Å². The van der Waals surface area contributed by atoms with Crippen molar-refractivity contribution in [3.8, 4) is 5.75 Å². The molecule has 0 radical (unpaired) electrons. The van der Waals surface area contributed by atoms with Gasteiger partial charge in [0.05, 0.1) is 15.5 Å². The third-order valence-corrected chi connectivity index (χ3v) is 4.61. The molecule has 1 amide bonds. The van der Waals surface area contributed by atoms with E-state index in [1.807, 2.05) is 0 Å². The van der Waals surface area contributed by atoms with Crippen molar-refractivity contribution in [2.75, 3.05) is 4.90 Å². The second-order valence-electron chi connectivity index (χ2n) is 4.88. The molecule has 1 aliphatic rings. The van der Waals surface area contributed by atoms with Gasteiger partial charge in [0.2, 0.25) is 0 Å². The quantitative estimate of drug-likeness (QED) is 0.390. The van der Waals surface area contributed by atoms with E-state index in [1.54, 1.807) is 30.3 Å². The lowest BCUT2D eigenvalue weighted by Gasteiger charge is -2.14. The maximum absolute atomic E-state index is 12.6. The Morgan fingerprint density at radius 1 is 1.12 bits per heavy atom. The molecule has 0 spiro atoms. The minimum atomic E-state index is -0.478. The van der Waals surface area contributed by atoms with Gasteiger partial charge in [-0.1, -0.05) is 24.0 Å². The Balaban J connectivity index is 1.87. The molecule has 1 saturated heterocycles. The number of thiocarbonyl (C=S) groups is 1. The topological polar surface area (TPSA) is 83.7 Å². The third-order valence-electron chi connectivity index (χ3n) is 3.30. The highest BCUT2D eigenvalue weighted by Gasteiger charge is 2.33. The van der Waals surface area contributed by atoms with Crippen LogP contribution < -0.4 is 4.90 Å². The average Bonchev–Trinajstić information content (AvgIpc) is 2.83. The molecule has 0 unspecified atom stereocenters. The first kappa shape index (κ1) is 16.2. The number of thioether (sulfide) groups is 1. The molecule has 0 aromatic heterocycles. The highest BCUT2D eigenvalue weighted by molar-refractivity contribution is 8.27. The molecule has 0 saturated carbocycles. The maximum Gasteiger partial charge on any atom is 0.270 e. The largest absolute Gasteiger partial charge is 0.508 e. The molecule has 8 heteroatoms. The molecule has 120 valence electrons. The average molecular weight is 358 g/mol. The van der Waals surface area contributed by atoms with Gasteiger partial charge >= 0.3 is 0 Å². The normalized spacial score (nSPS) is 16.0. The number of hydrogen-bond acceptors (Lipinski definition) is 6. The van der Waals surface area contributed by atoms with Crippen LogP contribution in [0.3, 0.4) is 0 Å². The predicted molar refractivity (Wildman–Crippen MR) is 96.9 cm³/mol. The van der Waals surface area contributed by atoms with Crippen LogP contribution in [0.15, 0.2) is 53.4 Å². The molecule has 2 aromatic carbocycles. The summed E-state index contributed by atoms with van der Waals surface area (Å²) in [4.78, 5) is 24.6. The van der Waals surface area contributed by atoms with Crippen LogP contribution in [0.1, 0.15) is 5.56 Å². The molecular weight excluding hydrogens is 348 g/mol. The lowest BCUT2D eigenvalue weighted by atomic mass is 10.2. The minimum Gasteiger partial charge on any atom is -0.508 e. The van der Waals surface area contributed by atoms with Gasteiger partial charge in [-0.05, 0) is 48.0 Å². The predicted octanol–water partition coefficient (Wildman–Crippen LogP) is 3.71. The van der Waals surface area contributed by atoms with Crippen LogP contribution in [0.5, 0.6) is 5.75 Å². The number of nitrogens with zero attached hydrogens (tertiary/aromatic N) is 2. The van der Waals surface area contributed by atoms with E-state index in [2.05, 4.69) is 0 Å². The summed E-state index contributed by atoms with van der Waals surface area (Å²) in [5.41, 5.74) is 1.23. The lowest BCUT2D eigenvalue weighted by molar-refractivity contribution is -0.384. The van der Waals surface area contributed by atoms with Crippen molar-refractivity contribution < 1.29 is 14.8 Å². The summed E-state index contributed by atoms with van der Waals surface area (Å²) in [6.45, 7) is 0. The number of non-ortho nitro benzene ring substituents is 1. The summed E-state index contributed by atoms with van der Waals surface area (Å²) in [5.74, 6) is -0.167. The van der Waals surface area contributed by atoms with Crippen molar-refractivity contribution in [1.82, 2.24) is 0 Å². The van der Waals surface area contributed by atoms with Crippen LogP contribution in [0.25, 0.3) is 6.08 Å². The molecule has 1 N–H and O–H groups in total. The second kappa shape index (κ2) is 6.42. The van der Waals surface area contributed by atoms with Crippen molar-refractivity contribution in [2.45, 2.75) is 0 Å².